The van der Waals surface area contributed by atoms with Crippen LogP contribution >= 0.6 is 0 Å². The van der Waals surface area contributed by atoms with Gasteiger partial charge in [0, 0.05) is 12.8 Å². The summed E-state index contributed by atoms with van der Waals surface area (Å²) in [6.45, 7) is 5.75. The maximum Gasteiger partial charge on any atom is 0.335 e. The van der Waals surface area contributed by atoms with Crippen LogP contribution < -0.4 is 0 Å². The van der Waals surface area contributed by atoms with Crippen molar-refractivity contribution in [1.82, 2.24) is 0 Å². The molecule has 79 heavy (non-hydrogen) atoms. The van der Waals surface area contributed by atoms with Crippen molar-refractivity contribution < 1.29 is 58.2 Å². The van der Waals surface area contributed by atoms with Gasteiger partial charge < -0.3 is 39.0 Å². The van der Waals surface area contributed by atoms with E-state index in [1.54, 1.807) is 12.2 Å². The van der Waals surface area contributed by atoms with Gasteiger partial charge in [-0.3, -0.25) is 14.4 Å². The Morgan fingerprint density at radius 2 is 0.835 bits per heavy atom. The van der Waals surface area contributed by atoms with Crippen molar-refractivity contribution in [2.45, 2.75) is 263 Å². The van der Waals surface area contributed by atoms with Crippen LogP contribution in [0.5, 0.6) is 0 Å². The van der Waals surface area contributed by atoms with Crippen LogP contribution in [0.15, 0.2) is 122 Å². The number of allylic oxidation sites excluding steroid dienone is 19. The van der Waals surface area contributed by atoms with Crippen LogP contribution in [0.25, 0.3) is 0 Å². The summed E-state index contributed by atoms with van der Waals surface area (Å²) in [6, 6.07) is 0. The number of carbonyl (C=O) groups is 4. The molecule has 1 heterocycles. The fourth-order valence-corrected chi connectivity index (χ4v) is 8.36. The van der Waals surface area contributed by atoms with Gasteiger partial charge in [-0.05, 0) is 116 Å². The number of aliphatic hydroxyl groups is 2. The van der Waals surface area contributed by atoms with Gasteiger partial charge in [0.1, 0.15) is 18.8 Å². The molecule has 1 aliphatic heterocycles. The van der Waals surface area contributed by atoms with E-state index in [0.29, 0.717) is 19.3 Å². The van der Waals surface area contributed by atoms with E-state index in [2.05, 4.69) is 118 Å². The van der Waals surface area contributed by atoms with Gasteiger partial charge in [-0.2, -0.15) is 0 Å². The zero-order valence-corrected chi connectivity index (χ0v) is 49.1. The number of carboxylic acid groups (broad SMARTS) is 1. The zero-order valence-electron chi connectivity index (χ0n) is 49.1. The third-order valence-corrected chi connectivity index (χ3v) is 13.0. The molecule has 0 amide bonds. The normalized spacial score (nSPS) is 18.7. The molecule has 3 N–H and O–H groups in total. The Morgan fingerprint density at radius 3 is 1.28 bits per heavy atom. The number of carboxylic acids is 1. The predicted octanol–water partition coefficient (Wildman–Crippen LogP) is 16.0. The molecule has 1 rings (SSSR count). The second-order valence-electron chi connectivity index (χ2n) is 20.3. The summed E-state index contributed by atoms with van der Waals surface area (Å²) in [6.07, 6.45) is 61.8. The third-order valence-electron chi connectivity index (χ3n) is 13.0. The average molecular weight is 1100 g/mol. The first-order valence-corrected chi connectivity index (χ1v) is 30.5. The SMILES string of the molecule is CC/C=C\C/C=C\C/C=C\C/C=C\C/C=C\CC(=O)OC1C(OCC(COC(=O)CCCCCCCC/C=C\C/C=C\C/C=C\CCCCC)OC(=O)CCCCCCC/C=C\C/C=C\CCCCC)OC(C(=O)O)C(O)C1O. The van der Waals surface area contributed by atoms with Crippen LogP contribution in [-0.4, -0.2) is 89.2 Å². The monoisotopic (exact) mass is 1100 g/mol. The highest BCUT2D eigenvalue weighted by molar-refractivity contribution is 5.74. The lowest BCUT2D eigenvalue weighted by Crippen LogP contribution is -2.61. The number of hydrogen-bond acceptors (Lipinski definition) is 11. The molecule has 12 heteroatoms. The fraction of sp³-hybridized carbons (Fsp3) is 0.642. The molecule has 0 bridgehead atoms. The van der Waals surface area contributed by atoms with Gasteiger partial charge in [0.15, 0.2) is 24.6 Å². The minimum atomic E-state index is -1.94. The van der Waals surface area contributed by atoms with E-state index in [0.717, 1.165) is 122 Å². The molecule has 0 aliphatic carbocycles. The van der Waals surface area contributed by atoms with E-state index < -0.39 is 67.3 Å². The van der Waals surface area contributed by atoms with Gasteiger partial charge in [0.05, 0.1) is 13.0 Å². The standard InChI is InChI=1S/C67H106O12/c1-4-7-10-13-16-19-22-25-28-29-30-31-34-35-38-41-44-47-50-53-59(68)75-56-58(77-60(69)54-51-48-45-42-39-36-32-26-23-20-17-14-11-8-5-2)57-76-67-65(63(72)62(71)64(79-67)66(73)74)78-61(70)55-52-49-46-43-40-37-33-27-24-21-18-15-12-9-6-3/h9,12,16-21,25-28,30-33,40,43,49,52,58,62-65,67,71-72H,4-8,10-11,13-15,22-24,29,34-39,41-42,44-48,50-51,53-57H2,1-3H3,(H,73,74)/b12-9-,19-16-,20-17-,21-18-,28-25-,31-30-,32-26-,33-27-,43-40-,52-49-. The van der Waals surface area contributed by atoms with Gasteiger partial charge in [-0.15, -0.1) is 0 Å². The van der Waals surface area contributed by atoms with Gasteiger partial charge in [0.25, 0.3) is 0 Å². The molecule has 0 aromatic heterocycles. The van der Waals surface area contributed by atoms with Crippen LogP contribution in [0.4, 0.5) is 0 Å². The van der Waals surface area contributed by atoms with E-state index in [4.69, 9.17) is 23.7 Å². The Balaban J connectivity index is 2.75. The summed E-state index contributed by atoms with van der Waals surface area (Å²) < 4.78 is 28.3. The Kier molecular flexibility index (Phi) is 49.1. The third kappa shape index (κ3) is 43.6. The summed E-state index contributed by atoms with van der Waals surface area (Å²) in [5.41, 5.74) is 0. The Hall–Kier alpha value is -4.88. The molecule has 0 aromatic carbocycles. The molecule has 6 unspecified atom stereocenters. The van der Waals surface area contributed by atoms with E-state index in [9.17, 15) is 34.5 Å². The number of aliphatic carboxylic acids is 1. The quantitative estimate of drug-likeness (QED) is 0.0228. The number of carbonyl (C=O) groups excluding carboxylic acids is 3. The molecule has 1 aliphatic rings. The number of esters is 3. The maximum absolute atomic E-state index is 13.2. The first-order valence-electron chi connectivity index (χ1n) is 30.5. The van der Waals surface area contributed by atoms with Gasteiger partial charge in [0.2, 0.25) is 0 Å². The largest absolute Gasteiger partial charge is 0.479 e. The maximum atomic E-state index is 13.2. The highest BCUT2D eigenvalue weighted by Crippen LogP contribution is 2.26. The van der Waals surface area contributed by atoms with Crippen LogP contribution in [0, 0.1) is 0 Å². The number of hydrogen-bond donors (Lipinski definition) is 3. The highest BCUT2D eigenvalue weighted by Gasteiger charge is 2.50. The lowest BCUT2D eigenvalue weighted by Gasteiger charge is -2.40. The van der Waals surface area contributed by atoms with E-state index in [-0.39, 0.29) is 25.9 Å². The number of ether oxygens (including phenoxy) is 5. The molecule has 0 spiro atoms. The van der Waals surface area contributed by atoms with Crippen molar-refractivity contribution in [3.05, 3.63) is 122 Å². The van der Waals surface area contributed by atoms with Crippen LogP contribution in [0.2, 0.25) is 0 Å². The van der Waals surface area contributed by atoms with Gasteiger partial charge in [-0.25, -0.2) is 4.79 Å². The van der Waals surface area contributed by atoms with Crippen molar-refractivity contribution in [2.75, 3.05) is 13.2 Å². The number of rotatable bonds is 50. The Labute approximate surface area is 478 Å². The zero-order chi connectivity index (χ0) is 57.5. The van der Waals surface area contributed by atoms with Gasteiger partial charge >= 0.3 is 23.9 Å². The molecular formula is C67H106O12. The topological polar surface area (TPSA) is 175 Å². The van der Waals surface area contributed by atoms with E-state index >= 15 is 0 Å². The summed E-state index contributed by atoms with van der Waals surface area (Å²) in [7, 11) is 0. The smallest absolute Gasteiger partial charge is 0.335 e. The van der Waals surface area contributed by atoms with E-state index in [1.807, 2.05) is 12.2 Å². The molecule has 6 atom stereocenters. The molecule has 0 saturated carbocycles. The minimum Gasteiger partial charge on any atom is -0.479 e. The molecule has 0 aromatic rings. The average Bonchev–Trinajstić information content (AvgIpc) is 3.44. The van der Waals surface area contributed by atoms with Crippen molar-refractivity contribution in [3.8, 4) is 0 Å². The lowest BCUT2D eigenvalue weighted by molar-refractivity contribution is -0.301. The van der Waals surface area contributed by atoms with Crippen molar-refractivity contribution in [1.29, 1.82) is 0 Å². The lowest BCUT2D eigenvalue weighted by atomic mass is 9.98. The summed E-state index contributed by atoms with van der Waals surface area (Å²) in [5.74, 6) is -3.33. The van der Waals surface area contributed by atoms with Crippen molar-refractivity contribution in [3.63, 3.8) is 0 Å². The van der Waals surface area contributed by atoms with E-state index in [1.165, 1.54) is 44.9 Å². The second-order valence-corrected chi connectivity index (χ2v) is 20.3. The summed E-state index contributed by atoms with van der Waals surface area (Å²) in [5, 5.41) is 31.5. The molecule has 0 radical (unpaired) electrons. The second kappa shape index (κ2) is 53.7. The Morgan fingerprint density at radius 1 is 0.443 bits per heavy atom. The Bertz CT molecular complexity index is 1840. The molecule has 1 saturated heterocycles. The molecule has 1 fully saturated rings. The minimum absolute atomic E-state index is 0.127. The van der Waals surface area contributed by atoms with Crippen molar-refractivity contribution >= 4 is 23.9 Å². The predicted molar refractivity (Wildman–Crippen MR) is 321 cm³/mol. The van der Waals surface area contributed by atoms with Gasteiger partial charge in [-0.1, -0.05) is 213 Å². The summed E-state index contributed by atoms with van der Waals surface area (Å²) >= 11 is 0. The van der Waals surface area contributed by atoms with Crippen LogP contribution in [0.3, 0.4) is 0 Å². The number of unbranched alkanes of at least 4 members (excludes halogenated alkanes) is 17. The highest BCUT2D eigenvalue weighted by atomic mass is 16.7. The fourth-order valence-electron chi connectivity index (χ4n) is 8.36. The molecule has 12 nitrogen and oxygen atoms in total. The van der Waals surface area contributed by atoms with Crippen LogP contribution in [0.1, 0.15) is 226 Å². The molecular weight excluding hydrogens is 997 g/mol. The molecule has 446 valence electrons. The first kappa shape index (κ1) is 72.1. The van der Waals surface area contributed by atoms with Crippen molar-refractivity contribution in [2.24, 2.45) is 0 Å². The van der Waals surface area contributed by atoms with Crippen LogP contribution in [-0.2, 0) is 42.9 Å². The first-order chi connectivity index (χ1) is 38.6. The number of aliphatic hydroxyl groups excluding tert-OH is 2. The summed E-state index contributed by atoms with van der Waals surface area (Å²) in [4.78, 5) is 51.1.